The van der Waals surface area contributed by atoms with Crippen LogP contribution in [-0.4, -0.2) is 35.4 Å². The number of nitrogens with zero attached hydrogens (tertiary/aromatic N) is 1. The number of thiocarbonyl (C=S) groups is 1. The van der Waals surface area contributed by atoms with Crippen molar-refractivity contribution in [3.05, 3.63) is 76.2 Å². The van der Waals surface area contributed by atoms with Gasteiger partial charge in [0.05, 0.1) is 4.91 Å². The second-order valence-corrected chi connectivity index (χ2v) is 8.33. The number of hydrogen-bond acceptors (Lipinski definition) is 5. The van der Waals surface area contributed by atoms with Gasteiger partial charge < -0.3 is 9.47 Å². The van der Waals surface area contributed by atoms with E-state index in [2.05, 4.69) is 6.58 Å². The third-order valence-electron chi connectivity index (χ3n) is 4.18. The van der Waals surface area contributed by atoms with Gasteiger partial charge in [0, 0.05) is 17.6 Å². The molecule has 0 bridgehead atoms. The first-order valence-corrected chi connectivity index (χ1v) is 10.6. The first-order valence-electron chi connectivity index (χ1n) is 8.95. The number of halogens is 1. The Morgan fingerprint density at radius 1 is 1.17 bits per heavy atom. The fourth-order valence-corrected chi connectivity index (χ4v) is 4.07. The Hall–Kier alpha value is -2.28. The van der Waals surface area contributed by atoms with Crippen molar-refractivity contribution in [1.29, 1.82) is 0 Å². The van der Waals surface area contributed by atoms with Gasteiger partial charge in [-0.05, 0) is 42.3 Å². The second-order valence-electron chi connectivity index (χ2n) is 6.22. The van der Waals surface area contributed by atoms with Crippen molar-refractivity contribution < 1.29 is 14.3 Å². The zero-order valence-corrected chi connectivity index (χ0v) is 18.3. The van der Waals surface area contributed by atoms with E-state index in [-0.39, 0.29) is 5.91 Å². The molecule has 1 saturated heterocycles. The van der Waals surface area contributed by atoms with Crippen LogP contribution in [0.4, 0.5) is 0 Å². The van der Waals surface area contributed by atoms with Crippen LogP contribution in [0.25, 0.3) is 6.08 Å². The summed E-state index contributed by atoms with van der Waals surface area (Å²) in [6.07, 6.45) is 4.34. The average molecular weight is 446 g/mol. The summed E-state index contributed by atoms with van der Waals surface area (Å²) in [5, 5.41) is 0.560. The van der Waals surface area contributed by atoms with Crippen LogP contribution >= 0.6 is 35.6 Å². The van der Waals surface area contributed by atoms with Gasteiger partial charge in [-0.3, -0.25) is 9.69 Å². The molecule has 0 atom stereocenters. The molecule has 0 saturated carbocycles. The largest absolute Gasteiger partial charge is 0.490 e. The molecule has 1 heterocycles. The molecule has 0 unspecified atom stereocenters. The molecule has 0 spiro atoms. The molecule has 29 heavy (non-hydrogen) atoms. The lowest BCUT2D eigenvalue weighted by Gasteiger charge is -2.13. The Morgan fingerprint density at radius 2 is 1.90 bits per heavy atom. The summed E-state index contributed by atoms with van der Waals surface area (Å²) in [6, 6.07) is 13.1. The first kappa shape index (κ1) is 21.4. The van der Waals surface area contributed by atoms with Gasteiger partial charge in [0.15, 0.2) is 0 Å². The zero-order valence-electron chi connectivity index (χ0n) is 15.9. The van der Waals surface area contributed by atoms with Crippen molar-refractivity contribution >= 4 is 51.9 Å². The predicted molar refractivity (Wildman–Crippen MR) is 124 cm³/mol. The van der Waals surface area contributed by atoms with Gasteiger partial charge in [-0.1, -0.05) is 59.9 Å². The second kappa shape index (κ2) is 9.96. The highest BCUT2D eigenvalue weighted by atomic mass is 35.5. The Labute approximate surface area is 185 Å². The first-order chi connectivity index (χ1) is 14.0. The zero-order chi connectivity index (χ0) is 20.8. The SMILES string of the molecule is C=CCc1ccccc1OCCOc1ccc(Cl)cc1/C=C1\SC(=S)N(C)C1=O. The minimum atomic E-state index is -0.131. The maximum absolute atomic E-state index is 12.3. The van der Waals surface area contributed by atoms with E-state index in [9.17, 15) is 4.79 Å². The third kappa shape index (κ3) is 5.41. The Bertz CT molecular complexity index is 974. The molecule has 1 amide bonds. The molecule has 0 N–H and O–H groups in total. The summed E-state index contributed by atoms with van der Waals surface area (Å²) in [7, 11) is 1.66. The lowest BCUT2D eigenvalue weighted by molar-refractivity contribution is -0.121. The van der Waals surface area contributed by atoms with E-state index in [0.29, 0.717) is 33.2 Å². The number of hydrogen-bond donors (Lipinski definition) is 0. The Balaban J connectivity index is 1.67. The molecule has 1 aliphatic heterocycles. The van der Waals surface area contributed by atoms with Crippen LogP contribution in [0.2, 0.25) is 5.02 Å². The van der Waals surface area contributed by atoms with Gasteiger partial charge in [0.2, 0.25) is 0 Å². The summed E-state index contributed by atoms with van der Waals surface area (Å²) >= 11 is 12.6. The number of thioether (sulfide) groups is 1. The Morgan fingerprint density at radius 3 is 2.59 bits per heavy atom. The highest BCUT2D eigenvalue weighted by molar-refractivity contribution is 8.26. The quantitative estimate of drug-likeness (QED) is 0.237. The number of allylic oxidation sites excluding steroid dienone is 1. The molecule has 3 rings (SSSR count). The Kier molecular flexibility index (Phi) is 7.36. The van der Waals surface area contributed by atoms with Crippen molar-refractivity contribution in [2.24, 2.45) is 0 Å². The van der Waals surface area contributed by atoms with Gasteiger partial charge in [-0.2, -0.15) is 0 Å². The molecular formula is C22H20ClNO3S2. The molecule has 0 aromatic heterocycles. The molecule has 2 aromatic rings. The van der Waals surface area contributed by atoms with Gasteiger partial charge >= 0.3 is 0 Å². The van der Waals surface area contributed by atoms with E-state index >= 15 is 0 Å². The van der Waals surface area contributed by atoms with Crippen LogP contribution in [0, 0.1) is 0 Å². The van der Waals surface area contributed by atoms with Crippen molar-refractivity contribution in [1.82, 2.24) is 4.90 Å². The van der Waals surface area contributed by atoms with Crippen molar-refractivity contribution in [2.45, 2.75) is 6.42 Å². The number of carbonyl (C=O) groups excluding carboxylic acids is 1. The third-order valence-corrected chi connectivity index (χ3v) is 5.90. The fourth-order valence-electron chi connectivity index (χ4n) is 2.72. The number of benzene rings is 2. The molecule has 4 nitrogen and oxygen atoms in total. The smallest absolute Gasteiger partial charge is 0.265 e. The predicted octanol–water partition coefficient (Wildman–Crippen LogP) is 5.36. The topological polar surface area (TPSA) is 38.8 Å². The minimum absolute atomic E-state index is 0.131. The lowest BCUT2D eigenvalue weighted by atomic mass is 10.1. The van der Waals surface area contributed by atoms with Gasteiger partial charge in [0.1, 0.15) is 29.0 Å². The summed E-state index contributed by atoms with van der Waals surface area (Å²) in [6.45, 7) is 4.50. The van der Waals surface area contributed by atoms with E-state index in [0.717, 1.165) is 23.3 Å². The number of amides is 1. The summed E-state index contributed by atoms with van der Waals surface area (Å²) < 4.78 is 12.3. The van der Waals surface area contributed by atoms with Gasteiger partial charge in [-0.25, -0.2) is 0 Å². The molecule has 2 aromatic carbocycles. The van der Waals surface area contributed by atoms with E-state index in [1.165, 1.54) is 16.7 Å². The maximum atomic E-state index is 12.3. The number of likely N-dealkylation sites (N-methyl/N-ethyl adjacent to an activating group) is 1. The molecule has 1 aliphatic rings. The molecule has 7 heteroatoms. The number of rotatable bonds is 8. The van der Waals surface area contributed by atoms with E-state index in [1.54, 1.807) is 31.3 Å². The van der Waals surface area contributed by atoms with Crippen LogP contribution in [0.15, 0.2) is 60.0 Å². The minimum Gasteiger partial charge on any atom is -0.490 e. The average Bonchev–Trinajstić information content (AvgIpc) is 2.94. The van der Waals surface area contributed by atoms with Crippen molar-refractivity contribution in [2.75, 3.05) is 20.3 Å². The monoisotopic (exact) mass is 445 g/mol. The van der Waals surface area contributed by atoms with E-state index < -0.39 is 0 Å². The number of ether oxygens (including phenoxy) is 2. The normalized spacial score (nSPS) is 15.1. The number of carbonyl (C=O) groups is 1. The van der Waals surface area contributed by atoms with Crippen molar-refractivity contribution in [3.8, 4) is 11.5 Å². The van der Waals surface area contributed by atoms with E-state index in [1.807, 2.05) is 30.3 Å². The maximum Gasteiger partial charge on any atom is 0.265 e. The van der Waals surface area contributed by atoms with Crippen LogP contribution in [0.5, 0.6) is 11.5 Å². The molecule has 1 fully saturated rings. The van der Waals surface area contributed by atoms with Crippen LogP contribution in [0.3, 0.4) is 0 Å². The molecule has 150 valence electrons. The van der Waals surface area contributed by atoms with Crippen molar-refractivity contribution in [3.63, 3.8) is 0 Å². The lowest BCUT2D eigenvalue weighted by Crippen LogP contribution is -2.22. The fraction of sp³-hybridized carbons (Fsp3) is 0.182. The standard InChI is InChI=1S/C22H20ClNO3S2/c1-3-6-15-7-4-5-8-18(15)26-11-12-27-19-10-9-17(23)13-16(19)14-20-21(25)24(2)22(28)29-20/h3-5,7-10,13-14H,1,6,11-12H2,2H3/b20-14-. The summed E-state index contributed by atoms with van der Waals surface area (Å²) in [5.74, 6) is 1.31. The molecular weight excluding hydrogens is 426 g/mol. The van der Waals surface area contributed by atoms with Crippen LogP contribution < -0.4 is 9.47 Å². The van der Waals surface area contributed by atoms with Crippen LogP contribution in [-0.2, 0) is 11.2 Å². The highest BCUT2D eigenvalue weighted by Crippen LogP contribution is 2.34. The highest BCUT2D eigenvalue weighted by Gasteiger charge is 2.29. The number of para-hydroxylation sites is 1. The van der Waals surface area contributed by atoms with Gasteiger partial charge in [0.25, 0.3) is 5.91 Å². The van der Waals surface area contributed by atoms with Crippen LogP contribution in [0.1, 0.15) is 11.1 Å². The van der Waals surface area contributed by atoms with E-state index in [4.69, 9.17) is 33.3 Å². The molecule has 0 aliphatic carbocycles. The summed E-state index contributed by atoms with van der Waals surface area (Å²) in [4.78, 5) is 14.3. The summed E-state index contributed by atoms with van der Waals surface area (Å²) in [5.41, 5.74) is 1.80. The molecule has 0 radical (unpaired) electrons. The van der Waals surface area contributed by atoms with Gasteiger partial charge in [-0.15, -0.1) is 6.58 Å².